The van der Waals surface area contributed by atoms with Gasteiger partial charge in [0.2, 0.25) is 12.6 Å². The van der Waals surface area contributed by atoms with Gasteiger partial charge in [-0.25, -0.2) is 9.59 Å². The molecule has 0 unspecified atom stereocenters. The fourth-order valence-corrected chi connectivity index (χ4v) is 2.71. The van der Waals surface area contributed by atoms with E-state index >= 15 is 0 Å². The maximum atomic E-state index is 13.2. The summed E-state index contributed by atoms with van der Waals surface area (Å²) >= 11 is 0. The van der Waals surface area contributed by atoms with Crippen molar-refractivity contribution in [3.05, 3.63) is 29.3 Å². The predicted molar refractivity (Wildman–Crippen MR) is 100 cm³/mol. The van der Waals surface area contributed by atoms with Gasteiger partial charge in [0.25, 0.3) is 0 Å². The number of halogens is 2. The van der Waals surface area contributed by atoms with Crippen LogP contribution >= 0.6 is 0 Å². The summed E-state index contributed by atoms with van der Waals surface area (Å²) in [5.41, 5.74) is -0.809. The van der Waals surface area contributed by atoms with Crippen molar-refractivity contribution in [1.82, 2.24) is 0 Å². The number of rotatable bonds is 8. The van der Waals surface area contributed by atoms with E-state index in [1.807, 2.05) is 0 Å². The number of ketones is 1. The van der Waals surface area contributed by atoms with Gasteiger partial charge in [-0.15, -0.1) is 0 Å². The lowest BCUT2D eigenvalue weighted by molar-refractivity contribution is -0.173. The van der Waals surface area contributed by atoms with Gasteiger partial charge in [0.05, 0.1) is 0 Å². The molecule has 1 heterocycles. The standard InChI is InChI=1S/C19H23BF2O8/c1-18(2,27-4)17(25)29-10-28-16(24)13-7-5-6-11-8-12(20(26)30-15(11)13)9-14(23)19(3,21)22/h5-7,12,26H,8-10H2,1-4H3/t12-/m1/s1. The zero-order valence-electron chi connectivity index (χ0n) is 17.1. The molecule has 0 radical (unpaired) electrons. The average Bonchev–Trinajstić information content (AvgIpc) is 2.67. The van der Waals surface area contributed by atoms with Crippen LogP contribution in [0.4, 0.5) is 8.78 Å². The van der Waals surface area contributed by atoms with Crippen LogP contribution in [0, 0.1) is 0 Å². The number of ether oxygens (including phenoxy) is 3. The molecule has 1 aliphatic heterocycles. The maximum Gasteiger partial charge on any atom is 0.526 e. The zero-order chi connectivity index (χ0) is 22.7. The normalized spacial score (nSPS) is 16.4. The predicted octanol–water partition coefficient (Wildman–Crippen LogP) is 2.17. The molecule has 1 aromatic carbocycles. The van der Waals surface area contributed by atoms with Crippen LogP contribution in [-0.2, 0) is 30.2 Å². The summed E-state index contributed by atoms with van der Waals surface area (Å²) in [6, 6.07) is 4.48. The molecule has 11 heteroatoms. The first-order chi connectivity index (χ1) is 13.9. The minimum atomic E-state index is -3.51. The molecule has 164 valence electrons. The van der Waals surface area contributed by atoms with E-state index in [-0.39, 0.29) is 17.7 Å². The summed E-state index contributed by atoms with van der Waals surface area (Å²) < 4.78 is 46.4. The van der Waals surface area contributed by atoms with Crippen LogP contribution in [0.25, 0.3) is 0 Å². The number of hydrogen-bond donors (Lipinski definition) is 1. The van der Waals surface area contributed by atoms with E-state index in [4.69, 9.17) is 18.9 Å². The van der Waals surface area contributed by atoms with Gasteiger partial charge in [0.1, 0.15) is 11.3 Å². The highest BCUT2D eigenvalue weighted by Gasteiger charge is 2.42. The second kappa shape index (κ2) is 9.09. The Morgan fingerprint density at radius 1 is 1.23 bits per heavy atom. The molecule has 0 fully saturated rings. The van der Waals surface area contributed by atoms with Gasteiger partial charge in [-0.05, 0) is 31.9 Å². The molecule has 2 rings (SSSR count). The SMILES string of the molecule is COC(C)(C)C(=O)OCOC(=O)c1cccc2c1OB(O)[C@@H](CC(=O)C(C)(F)F)C2. The van der Waals surface area contributed by atoms with Gasteiger partial charge in [-0.3, -0.25) is 4.79 Å². The highest BCUT2D eigenvalue weighted by Crippen LogP contribution is 2.37. The van der Waals surface area contributed by atoms with Crippen molar-refractivity contribution in [2.75, 3.05) is 13.9 Å². The van der Waals surface area contributed by atoms with Crippen molar-refractivity contribution in [1.29, 1.82) is 0 Å². The maximum absolute atomic E-state index is 13.2. The first-order valence-electron chi connectivity index (χ1n) is 9.14. The van der Waals surface area contributed by atoms with Crippen LogP contribution in [0.15, 0.2) is 18.2 Å². The minimum absolute atomic E-state index is 0.0190. The number of carbonyl (C=O) groups is 3. The second-order valence-corrected chi connectivity index (χ2v) is 7.48. The van der Waals surface area contributed by atoms with Gasteiger partial charge in [-0.2, -0.15) is 8.78 Å². The Balaban J connectivity index is 2.06. The number of methoxy groups -OCH3 is 1. The lowest BCUT2D eigenvalue weighted by Gasteiger charge is -2.28. The quantitative estimate of drug-likeness (QED) is 0.381. The van der Waals surface area contributed by atoms with E-state index in [1.54, 1.807) is 6.07 Å². The molecule has 1 atom stereocenters. The van der Waals surface area contributed by atoms with Crippen LogP contribution in [-0.4, -0.2) is 55.3 Å². The number of fused-ring (bicyclic) bond motifs is 1. The summed E-state index contributed by atoms with van der Waals surface area (Å²) in [7, 11) is -0.229. The van der Waals surface area contributed by atoms with Crippen molar-refractivity contribution in [3.63, 3.8) is 0 Å². The Kier molecular flexibility index (Phi) is 7.20. The van der Waals surface area contributed by atoms with Gasteiger partial charge in [-0.1, -0.05) is 12.1 Å². The van der Waals surface area contributed by atoms with Crippen molar-refractivity contribution >= 4 is 24.8 Å². The molecule has 8 nitrogen and oxygen atoms in total. The molecule has 0 bridgehead atoms. The van der Waals surface area contributed by atoms with Gasteiger partial charge in [0, 0.05) is 26.3 Å². The van der Waals surface area contributed by atoms with Crippen LogP contribution in [0.3, 0.4) is 0 Å². The van der Waals surface area contributed by atoms with E-state index in [1.165, 1.54) is 33.1 Å². The fraction of sp³-hybridized carbons (Fsp3) is 0.526. The second-order valence-electron chi connectivity index (χ2n) is 7.48. The summed E-state index contributed by atoms with van der Waals surface area (Å²) in [6.45, 7) is 2.79. The first kappa shape index (κ1) is 23.8. The summed E-state index contributed by atoms with van der Waals surface area (Å²) in [5.74, 6) is -7.31. The third-order valence-corrected chi connectivity index (χ3v) is 4.76. The molecule has 1 N–H and O–H groups in total. The van der Waals surface area contributed by atoms with E-state index in [0.29, 0.717) is 12.5 Å². The zero-order valence-corrected chi connectivity index (χ0v) is 17.1. The van der Waals surface area contributed by atoms with Crippen LogP contribution in [0.1, 0.15) is 43.1 Å². The van der Waals surface area contributed by atoms with Gasteiger partial charge >= 0.3 is 25.0 Å². The fourth-order valence-electron chi connectivity index (χ4n) is 2.71. The van der Waals surface area contributed by atoms with Crippen molar-refractivity contribution in [2.24, 2.45) is 0 Å². The van der Waals surface area contributed by atoms with Gasteiger partial charge < -0.3 is 23.9 Å². The number of benzene rings is 1. The Morgan fingerprint density at radius 3 is 2.50 bits per heavy atom. The molecule has 1 aliphatic rings. The lowest BCUT2D eigenvalue weighted by Crippen LogP contribution is -2.38. The lowest BCUT2D eigenvalue weighted by atomic mass is 9.64. The van der Waals surface area contributed by atoms with E-state index < -0.39 is 55.4 Å². The smallest absolute Gasteiger partial charge is 0.526 e. The molecule has 30 heavy (non-hydrogen) atoms. The molecule has 1 aromatic rings. The Bertz CT molecular complexity index is 821. The molecule has 0 aliphatic carbocycles. The average molecular weight is 428 g/mol. The Morgan fingerprint density at radius 2 is 1.90 bits per heavy atom. The van der Waals surface area contributed by atoms with Crippen LogP contribution < -0.4 is 4.65 Å². The number of esters is 2. The monoisotopic (exact) mass is 428 g/mol. The Hall–Kier alpha value is -2.53. The molecule has 0 amide bonds. The first-order valence-corrected chi connectivity index (χ1v) is 9.14. The molecule has 0 saturated carbocycles. The van der Waals surface area contributed by atoms with Crippen molar-refractivity contribution in [3.8, 4) is 5.75 Å². The molecule has 0 aromatic heterocycles. The van der Waals surface area contributed by atoms with E-state index in [0.717, 1.165) is 0 Å². The Labute approximate surface area is 172 Å². The number of hydrogen-bond acceptors (Lipinski definition) is 8. The molecule has 0 spiro atoms. The largest absolute Gasteiger partial charge is 0.535 e. The third kappa shape index (κ3) is 5.54. The summed E-state index contributed by atoms with van der Waals surface area (Å²) in [6.07, 6.45) is -0.527. The van der Waals surface area contributed by atoms with Crippen molar-refractivity contribution in [2.45, 2.75) is 51.0 Å². The third-order valence-electron chi connectivity index (χ3n) is 4.76. The van der Waals surface area contributed by atoms with Gasteiger partial charge in [0.15, 0.2) is 5.60 Å². The minimum Gasteiger partial charge on any atom is -0.535 e. The number of para-hydroxylation sites is 1. The molecule has 0 saturated heterocycles. The topological polar surface area (TPSA) is 108 Å². The summed E-state index contributed by atoms with van der Waals surface area (Å²) in [4.78, 5) is 35.8. The number of alkyl halides is 2. The van der Waals surface area contributed by atoms with E-state index in [9.17, 15) is 28.2 Å². The molecular formula is C19H23BF2O8. The van der Waals surface area contributed by atoms with Crippen LogP contribution in [0.2, 0.25) is 5.82 Å². The molecular weight excluding hydrogens is 405 g/mol. The highest BCUT2D eigenvalue weighted by atomic mass is 19.3. The van der Waals surface area contributed by atoms with Crippen molar-refractivity contribution < 1.29 is 47.1 Å². The number of carbonyl (C=O) groups excluding carboxylic acids is 3. The number of Topliss-reactive ketones (excluding diaryl/α,β-unsaturated/α-hetero) is 1. The van der Waals surface area contributed by atoms with Crippen LogP contribution in [0.5, 0.6) is 5.75 Å². The van der Waals surface area contributed by atoms with E-state index in [2.05, 4.69) is 0 Å². The summed E-state index contributed by atoms with van der Waals surface area (Å²) in [5, 5.41) is 10.1. The highest BCUT2D eigenvalue weighted by molar-refractivity contribution is 6.47.